The van der Waals surface area contributed by atoms with Crippen molar-refractivity contribution in [3.05, 3.63) is 29.8 Å². The Morgan fingerprint density at radius 2 is 2.00 bits per heavy atom. The second-order valence-corrected chi connectivity index (χ2v) is 7.34. The van der Waals surface area contributed by atoms with Crippen molar-refractivity contribution < 1.29 is 17.9 Å². The number of carbonyl (C=O) groups excluding carboxylic acids is 1. The number of methoxy groups -OCH3 is 1. The summed E-state index contributed by atoms with van der Waals surface area (Å²) >= 11 is 0. The number of benzene rings is 1. The number of sulfonamides is 1. The number of carbonyl (C=O) groups is 1. The van der Waals surface area contributed by atoms with Gasteiger partial charge in [0.2, 0.25) is 15.9 Å². The van der Waals surface area contributed by atoms with E-state index in [-0.39, 0.29) is 19.0 Å². The fourth-order valence-corrected chi connectivity index (χ4v) is 2.93. The molecular formula is C16H26N2O4S. The lowest BCUT2D eigenvalue weighted by atomic mass is 10.2. The predicted molar refractivity (Wildman–Crippen MR) is 90.8 cm³/mol. The molecule has 0 unspecified atom stereocenters. The van der Waals surface area contributed by atoms with Gasteiger partial charge in [0, 0.05) is 31.6 Å². The summed E-state index contributed by atoms with van der Waals surface area (Å²) in [6, 6.07) is 7.30. The number of rotatable bonds is 10. The van der Waals surface area contributed by atoms with Gasteiger partial charge in [-0.15, -0.1) is 0 Å². The quantitative estimate of drug-likeness (QED) is 0.703. The molecule has 1 aromatic carbocycles. The van der Waals surface area contributed by atoms with Gasteiger partial charge in [-0.3, -0.25) is 4.79 Å². The molecule has 0 heterocycles. The van der Waals surface area contributed by atoms with E-state index in [1.807, 2.05) is 25.1 Å². The van der Waals surface area contributed by atoms with Crippen molar-refractivity contribution in [2.24, 2.45) is 0 Å². The third kappa shape index (κ3) is 7.00. The standard InChI is InChI=1S/C16H26N2O4S/c1-4-5-10-16(19)17-11-12-18(23(3,20)21)13-14-8-6-7-9-15(14)22-2/h6-9H,4-5,10-13H2,1-3H3,(H,17,19). The normalized spacial score (nSPS) is 11.5. The summed E-state index contributed by atoms with van der Waals surface area (Å²) in [5.74, 6) is 0.603. The van der Waals surface area contributed by atoms with Crippen LogP contribution in [-0.2, 0) is 21.4 Å². The van der Waals surface area contributed by atoms with E-state index in [9.17, 15) is 13.2 Å². The minimum atomic E-state index is -3.38. The Hall–Kier alpha value is -1.60. The fourth-order valence-electron chi connectivity index (χ4n) is 2.13. The van der Waals surface area contributed by atoms with Crippen molar-refractivity contribution in [2.45, 2.75) is 32.7 Å². The maximum Gasteiger partial charge on any atom is 0.220 e. The van der Waals surface area contributed by atoms with E-state index in [1.165, 1.54) is 10.6 Å². The van der Waals surface area contributed by atoms with E-state index in [4.69, 9.17) is 4.74 Å². The van der Waals surface area contributed by atoms with Crippen LogP contribution in [0.5, 0.6) is 5.75 Å². The molecule has 0 fully saturated rings. The molecule has 1 N–H and O–H groups in total. The second-order valence-electron chi connectivity index (χ2n) is 5.36. The number of para-hydroxylation sites is 1. The maximum absolute atomic E-state index is 12.0. The van der Waals surface area contributed by atoms with Gasteiger partial charge in [0.15, 0.2) is 0 Å². The van der Waals surface area contributed by atoms with Crippen LogP contribution in [0, 0.1) is 0 Å². The number of hydrogen-bond acceptors (Lipinski definition) is 4. The highest BCUT2D eigenvalue weighted by atomic mass is 32.2. The van der Waals surface area contributed by atoms with Gasteiger partial charge in [-0.2, -0.15) is 4.31 Å². The Labute approximate surface area is 138 Å². The molecule has 0 radical (unpaired) electrons. The van der Waals surface area contributed by atoms with Crippen LogP contribution in [0.15, 0.2) is 24.3 Å². The third-order valence-electron chi connectivity index (χ3n) is 3.45. The summed E-state index contributed by atoms with van der Waals surface area (Å²) in [4.78, 5) is 11.6. The zero-order chi connectivity index (χ0) is 17.3. The van der Waals surface area contributed by atoms with Gasteiger partial charge in [-0.1, -0.05) is 31.5 Å². The number of hydrogen-bond donors (Lipinski definition) is 1. The zero-order valence-electron chi connectivity index (χ0n) is 14.0. The lowest BCUT2D eigenvalue weighted by Crippen LogP contribution is -2.37. The fraction of sp³-hybridized carbons (Fsp3) is 0.562. The Morgan fingerprint density at radius 1 is 1.30 bits per heavy atom. The molecule has 0 saturated carbocycles. The average Bonchev–Trinajstić information content (AvgIpc) is 2.51. The molecule has 0 saturated heterocycles. The molecule has 0 aliphatic carbocycles. The largest absolute Gasteiger partial charge is 0.496 e. The van der Waals surface area contributed by atoms with Gasteiger partial charge >= 0.3 is 0 Å². The molecule has 0 aromatic heterocycles. The molecule has 130 valence electrons. The molecule has 6 nitrogen and oxygen atoms in total. The molecule has 0 aliphatic rings. The highest BCUT2D eigenvalue weighted by Gasteiger charge is 2.18. The highest BCUT2D eigenvalue weighted by molar-refractivity contribution is 7.88. The van der Waals surface area contributed by atoms with Gasteiger partial charge in [-0.25, -0.2) is 8.42 Å². The number of unbranched alkanes of at least 4 members (excludes halogenated alkanes) is 1. The molecule has 0 aliphatic heterocycles. The molecule has 7 heteroatoms. The number of amides is 1. The van der Waals surface area contributed by atoms with E-state index in [0.717, 1.165) is 18.4 Å². The number of ether oxygens (including phenoxy) is 1. The average molecular weight is 342 g/mol. The molecule has 0 spiro atoms. The molecule has 0 bridgehead atoms. The zero-order valence-corrected chi connectivity index (χ0v) is 14.9. The molecule has 1 aromatic rings. The van der Waals surface area contributed by atoms with Crippen LogP contribution in [0.4, 0.5) is 0 Å². The maximum atomic E-state index is 12.0. The highest BCUT2D eigenvalue weighted by Crippen LogP contribution is 2.20. The SMILES string of the molecule is CCCCC(=O)NCCN(Cc1ccccc1OC)S(C)(=O)=O. The van der Waals surface area contributed by atoms with E-state index < -0.39 is 10.0 Å². The minimum absolute atomic E-state index is 0.0439. The minimum Gasteiger partial charge on any atom is -0.496 e. The number of nitrogens with zero attached hydrogens (tertiary/aromatic N) is 1. The van der Waals surface area contributed by atoms with Crippen molar-refractivity contribution in [2.75, 3.05) is 26.5 Å². The Morgan fingerprint density at radius 3 is 2.61 bits per heavy atom. The van der Waals surface area contributed by atoms with Crippen LogP contribution in [0.25, 0.3) is 0 Å². The van der Waals surface area contributed by atoms with Crippen molar-refractivity contribution in [3.8, 4) is 5.75 Å². The molecular weight excluding hydrogens is 316 g/mol. The first-order chi connectivity index (χ1) is 10.9. The Bertz CT molecular complexity index is 602. The van der Waals surface area contributed by atoms with Crippen LogP contribution in [0.3, 0.4) is 0 Å². The molecule has 1 amide bonds. The first-order valence-electron chi connectivity index (χ1n) is 7.72. The van der Waals surface area contributed by atoms with E-state index in [0.29, 0.717) is 18.7 Å². The number of nitrogens with one attached hydrogen (secondary N) is 1. The first kappa shape index (κ1) is 19.4. The lowest BCUT2D eigenvalue weighted by Gasteiger charge is -2.21. The molecule has 1 rings (SSSR count). The van der Waals surface area contributed by atoms with Crippen LogP contribution < -0.4 is 10.1 Å². The van der Waals surface area contributed by atoms with E-state index in [2.05, 4.69) is 5.32 Å². The van der Waals surface area contributed by atoms with Gasteiger partial charge in [0.05, 0.1) is 13.4 Å². The topological polar surface area (TPSA) is 75.7 Å². The Balaban J connectivity index is 2.66. The summed E-state index contributed by atoms with van der Waals surface area (Å²) < 4.78 is 30.5. The Kier molecular flexibility index (Phi) is 8.05. The van der Waals surface area contributed by atoms with Gasteiger partial charge in [0.25, 0.3) is 0 Å². The van der Waals surface area contributed by atoms with Crippen molar-refractivity contribution >= 4 is 15.9 Å². The first-order valence-corrected chi connectivity index (χ1v) is 9.57. The monoisotopic (exact) mass is 342 g/mol. The van der Waals surface area contributed by atoms with Gasteiger partial charge in [-0.05, 0) is 12.5 Å². The summed E-state index contributed by atoms with van der Waals surface area (Å²) in [5, 5.41) is 2.76. The lowest BCUT2D eigenvalue weighted by molar-refractivity contribution is -0.121. The summed E-state index contributed by atoms with van der Waals surface area (Å²) in [6.07, 6.45) is 3.43. The van der Waals surface area contributed by atoms with Crippen LogP contribution in [-0.4, -0.2) is 45.1 Å². The van der Waals surface area contributed by atoms with Crippen LogP contribution >= 0.6 is 0 Å². The third-order valence-corrected chi connectivity index (χ3v) is 4.70. The van der Waals surface area contributed by atoms with Crippen molar-refractivity contribution in [1.82, 2.24) is 9.62 Å². The smallest absolute Gasteiger partial charge is 0.220 e. The van der Waals surface area contributed by atoms with Gasteiger partial charge in [0.1, 0.15) is 5.75 Å². The van der Waals surface area contributed by atoms with Crippen LogP contribution in [0.2, 0.25) is 0 Å². The summed E-state index contributed by atoms with van der Waals surface area (Å²) in [6.45, 7) is 2.76. The summed E-state index contributed by atoms with van der Waals surface area (Å²) in [7, 11) is -1.82. The summed E-state index contributed by atoms with van der Waals surface area (Å²) in [5.41, 5.74) is 0.790. The van der Waals surface area contributed by atoms with Crippen LogP contribution in [0.1, 0.15) is 31.7 Å². The molecule has 23 heavy (non-hydrogen) atoms. The van der Waals surface area contributed by atoms with Crippen molar-refractivity contribution in [1.29, 1.82) is 0 Å². The van der Waals surface area contributed by atoms with Gasteiger partial charge < -0.3 is 10.1 Å². The van der Waals surface area contributed by atoms with E-state index in [1.54, 1.807) is 13.2 Å². The predicted octanol–water partition coefficient (Wildman–Crippen LogP) is 1.76. The molecule has 0 atom stereocenters. The van der Waals surface area contributed by atoms with E-state index >= 15 is 0 Å². The second kappa shape index (κ2) is 9.52. The van der Waals surface area contributed by atoms with Crippen molar-refractivity contribution in [3.63, 3.8) is 0 Å².